The number of hydrogen-bond acceptors (Lipinski definition) is 2. The summed E-state index contributed by atoms with van der Waals surface area (Å²) in [5, 5.41) is 6.93. The normalized spacial score (nSPS) is 18.7. The molecule has 0 radical (unpaired) electrons. The summed E-state index contributed by atoms with van der Waals surface area (Å²) in [5.74, 6) is 0.121. The standard InChI is InChI=1S/C16H18FN3O/c17-14-5-3-13(4-6-14)16(21)20-9-1-2-12(11-20)10-15-7-8-18-19-15/h3-8,12H,1-2,9-11H2,(H,18,19)/t12-/m0/s1. The van der Waals surface area contributed by atoms with E-state index in [0.717, 1.165) is 38.0 Å². The summed E-state index contributed by atoms with van der Waals surface area (Å²) in [4.78, 5) is 14.3. The van der Waals surface area contributed by atoms with E-state index in [4.69, 9.17) is 0 Å². The van der Waals surface area contributed by atoms with E-state index in [0.29, 0.717) is 11.5 Å². The maximum Gasteiger partial charge on any atom is 0.253 e. The first-order valence-corrected chi connectivity index (χ1v) is 7.25. The molecule has 1 fully saturated rings. The molecule has 1 N–H and O–H groups in total. The zero-order chi connectivity index (χ0) is 14.7. The number of carbonyl (C=O) groups is 1. The molecular formula is C16H18FN3O. The monoisotopic (exact) mass is 287 g/mol. The van der Waals surface area contributed by atoms with Gasteiger partial charge in [-0.15, -0.1) is 0 Å². The van der Waals surface area contributed by atoms with Crippen molar-refractivity contribution in [2.45, 2.75) is 19.3 Å². The largest absolute Gasteiger partial charge is 0.338 e. The smallest absolute Gasteiger partial charge is 0.253 e. The minimum absolute atomic E-state index is 0.00990. The fourth-order valence-corrected chi connectivity index (χ4v) is 2.90. The Balaban J connectivity index is 1.65. The first-order valence-electron chi connectivity index (χ1n) is 7.25. The Morgan fingerprint density at radius 1 is 1.33 bits per heavy atom. The molecule has 1 saturated heterocycles. The van der Waals surface area contributed by atoms with Crippen LogP contribution in [0.1, 0.15) is 28.9 Å². The van der Waals surface area contributed by atoms with Crippen molar-refractivity contribution in [2.24, 2.45) is 5.92 Å². The Kier molecular flexibility index (Phi) is 3.99. The van der Waals surface area contributed by atoms with Crippen molar-refractivity contribution in [3.63, 3.8) is 0 Å². The molecule has 0 bridgehead atoms. The van der Waals surface area contributed by atoms with Crippen LogP contribution in [0.15, 0.2) is 36.5 Å². The number of aromatic nitrogens is 2. The summed E-state index contributed by atoms with van der Waals surface area (Å²) in [5.41, 5.74) is 1.66. The molecule has 1 aliphatic rings. The van der Waals surface area contributed by atoms with Crippen LogP contribution in [0.2, 0.25) is 0 Å². The second-order valence-corrected chi connectivity index (χ2v) is 5.55. The lowest BCUT2D eigenvalue weighted by Crippen LogP contribution is -2.40. The van der Waals surface area contributed by atoms with Gasteiger partial charge in [-0.2, -0.15) is 5.10 Å². The molecule has 0 spiro atoms. The lowest BCUT2D eigenvalue weighted by Gasteiger charge is -2.32. The van der Waals surface area contributed by atoms with Gasteiger partial charge >= 0.3 is 0 Å². The zero-order valence-corrected chi connectivity index (χ0v) is 11.8. The molecular weight excluding hydrogens is 269 g/mol. The fraction of sp³-hybridized carbons (Fsp3) is 0.375. The van der Waals surface area contributed by atoms with Gasteiger partial charge in [-0.25, -0.2) is 4.39 Å². The molecule has 1 atom stereocenters. The highest BCUT2D eigenvalue weighted by Crippen LogP contribution is 2.21. The summed E-state index contributed by atoms with van der Waals surface area (Å²) in [6.07, 6.45) is 4.78. The van der Waals surface area contributed by atoms with E-state index in [1.165, 1.54) is 12.1 Å². The Hall–Kier alpha value is -2.17. The molecule has 4 nitrogen and oxygen atoms in total. The number of aromatic amines is 1. The fourth-order valence-electron chi connectivity index (χ4n) is 2.90. The first kappa shape index (κ1) is 13.8. The van der Waals surface area contributed by atoms with Gasteiger partial charge in [0.2, 0.25) is 0 Å². The zero-order valence-electron chi connectivity index (χ0n) is 11.8. The van der Waals surface area contributed by atoms with E-state index in [1.54, 1.807) is 18.3 Å². The van der Waals surface area contributed by atoms with Crippen LogP contribution in [0.4, 0.5) is 4.39 Å². The number of H-pyrrole nitrogens is 1. The number of halogens is 1. The third kappa shape index (κ3) is 3.29. The highest BCUT2D eigenvalue weighted by Gasteiger charge is 2.24. The lowest BCUT2D eigenvalue weighted by molar-refractivity contribution is 0.0672. The SMILES string of the molecule is O=C(c1ccc(F)cc1)N1CCC[C@@H](Cc2ccn[nH]2)C1. The average molecular weight is 287 g/mol. The maximum atomic E-state index is 12.9. The molecule has 1 aromatic carbocycles. The van der Waals surface area contributed by atoms with E-state index in [2.05, 4.69) is 10.2 Å². The summed E-state index contributed by atoms with van der Waals surface area (Å²) >= 11 is 0. The molecule has 2 heterocycles. The molecule has 0 aliphatic carbocycles. The van der Waals surface area contributed by atoms with Gasteiger partial charge in [0.05, 0.1) is 0 Å². The molecule has 1 aliphatic heterocycles. The van der Waals surface area contributed by atoms with Gasteiger partial charge in [0.25, 0.3) is 5.91 Å². The summed E-state index contributed by atoms with van der Waals surface area (Å²) < 4.78 is 12.9. The van der Waals surface area contributed by atoms with Crippen LogP contribution in [0.25, 0.3) is 0 Å². The molecule has 0 unspecified atom stereocenters. The second kappa shape index (κ2) is 6.08. The molecule has 2 aromatic rings. The van der Waals surface area contributed by atoms with Crippen LogP contribution in [0, 0.1) is 11.7 Å². The van der Waals surface area contributed by atoms with Crippen LogP contribution in [-0.2, 0) is 6.42 Å². The van der Waals surface area contributed by atoms with Gasteiger partial charge < -0.3 is 4.90 Å². The van der Waals surface area contributed by atoms with Crippen LogP contribution >= 0.6 is 0 Å². The molecule has 3 rings (SSSR count). The Labute approximate surface area is 123 Å². The van der Waals surface area contributed by atoms with Crippen LogP contribution < -0.4 is 0 Å². The van der Waals surface area contributed by atoms with Gasteiger partial charge in [-0.1, -0.05) is 0 Å². The molecule has 5 heteroatoms. The van der Waals surface area contributed by atoms with E-state index in [-0.39, 0.29) is 11.7 Å². The quantitative estimate of drug-likeness (QED) is 0.943. The van der Waals surface area contributed by atoms with Crippen molar-refractivity contribution in [1.82, 2.24) is 15.1 Å². The number of carbonyl (C=O) groups excluding carboxylic acids is 1. The van der Waals surface area contributed by atoms with Gasteiger partial charge in [0.15, 0.2) is 0 Å². The minimum atomic E-state index is -0.317. The van der Waals surface area contributed by atoms with Crippen LogP contribution in [-0.4, -0.2) is 34.1 Å². The highest BCUT2D eigenvalue weighted by atomic mass is 19.1. The van der Waals surface area contributed by atoms with Crippen molar-refractivity contribution < 1.29 is 9.18 Å². The summed E-state index contributed by atoms with van der Waals surface area (Å²) in [7, 11) is 0. The average Bonchev–Trinajstić information content (AvgIpc) is 3.00. The van der Waals surface area contributed by atoms with Gasteiger partial charge in [-0.05, 0) is 55.5 Å². The first-order chi connectivity index (χ1) is 10.2. The van der Waals surface area contributed by atoms with Crippen molar-refractivity contribution in [3.05, 3.63) is 53.6 Å². The summed E-state index contributed by atoms with van der Waals surface area (Å²) in [6.45, 7) is 1.52. The Morgan fingerprint density at radius 3 is 2.86 bits per heavy atom. The number of likely N-dealkylation sites (tertiary alicyclic amines) is 1. The van der Waals surface area contributed by atoms with Gasteiger partial charge in [0.1, 0.15) is 5.82 Å². The number of nitrogens with one attached hydrogen (secondary N) is 1. The predicted molar refractivity (Wildman–Crippen MR) is 77.3 cm³/mol. The number of nitrogens with zero attached hydrogens (tertiary/aromatic N) is 2. The van der Waals surface area contributed by atoms with E-state index in [9.17, 15) is 9.18 Å². The molecule has 0 saturated carbocycles. The van der Waals surface area contributed by atoms with Crippen molar-refractivity contribution in [2.75, 3.05) is 13.1 Å². The van der Waals surface area contributed by atoms with Gasteiger partial charge in [0, 0.05) is 30.5 Å². The number of piperidine rings is 1. The molecule has 1 amide bonds. The van der Waals surface area contributed by atoms with Crippen LogP contribution in [0.5, 0.6) is 0 Å². The topological polar surface area (TPSA) is 49.0 Å². The van der Waals surface area contributed by atoms with Crippen LogP contribution in [0.3, 0.4) is 0 Å². The van der Waals surface area contributed by atoms with Gasteiger partial charge in [-0.3, -0.25) is 9.89 Å². The van der Waals surface area contributed by atoms with Crippen molar-refractivity contribution >= 4 is 5.91 Å². The van der Waals surface area contributed by atoms with Crippen molar-refractivity contribution in [3.8, 4) is 0 Å². The third-order valence-corrected chi connectivity index (χ3v) is 3.96. The maximum absolute atomic E-state index is 12.9. The van der Waals surface area contributed by atoms with Crippen molar-refractivity contribution in [1.29, 1.82) is 0 Å². The molecule has 1 aromatic heterocycles. The highest BCUT2D eigenvalue weighted by molar-refractivity contribution is 5.94. The Bertz CT molecular complexity index is 594. The predicted octanol–water partition coefficient (Wildman–Crippen LogP) is 2.64. The lowest BCUT2D eigenvalue weighted by atomic mass is 9.93. The number of hydrogen-bond donors (Lipinski definition) is 1. The van der Waals surface area contributed by atoms with E-state index < -0.39 is 0 Å². The number of rotatable bonds is 3. The second-order valence-electron chi connectivity index (χ2n) is 5.55. The number of benzene rings is 1. The third-order valence-electron chi connectivity index (χ3n) is 3.96. The Morgan fingerprint density at radius 2 is 2.14 bits per heavy atom. The molecule has 21 heavy (non-hydrogen) atoms. The van der Waals surface area contributed by atoms with E-state index >= 15 is 0 Å². The summed E-state index contributed by atoms with van der Waals surface area (Å²) in [6, 6.07) is 7.74. The minimum Gasteiger partial charge on any atom is -0.338 e. The number of amides is 1. The van der Waals surface area contributed by atoms with E-state index in [1.807, 2.05) is 11.0 Å². The molecule has 110 valence electrons.